The van der Waals surface area contributed by atoms with Crippen molar-refractivity contribution in [3.8, 4) is 17.2 Å². The first-order valence-corrected chi connectivity index (χ1v) is 10.6. The topological polar surface area (TPSA) is 70.1 Å². The Labute approximate surface area is 179 Å². The second-order valence-electron chi connectivity index (χ2n) is 6.89. The molecule has 0 N–H and O–H groups in total. The number of hydrogen-bond acceptors (Lipinski definition) is 7. The highest BCUT2D eigenvalue weighted by atomic mass is 32.1. The number of carbonyl (C=O) groups is 1. The molecule has 0 bridgehead atoms. The van der Waals surface area contributed by atoms with Gasteiger partial charge in [-0.1, -0.05) is 29.5 Å². The Balaban J connectivity index is 1.63. The fourth-order valence-electron chi connectivity index (χ4n) is 3.41. The molecule has 0 spiro atoms. The third kappa shape index (κ3) is 4.34. The number of aromatic nitrogens is 1. The fraction of sp³-hybridized carbons (Fsp3) is 0.364. The highest BCUT2D eigenvalue weighted by Crippen LogP contribution is 2.40. The highest BCUT2D eigenvalue weighted by molar-refractivity contribution is 7.22. The van der Waals surface area contributed by atoms with Crippen molar-refractivity contribution in [2.75, 3.05) is 38.9 Å². The monoisotopic (exact) mass is 428 g/mol. The molecule has 3 aromatic rings. The number of anilines is 1. The van der Waals surface area contributed by atoms with Gasteiger partial charge in [-0.15, -0.1) is 0 Å². The molecule has 1 saturated heterocycles. The van der Waals surface area contributed by atoms with Crippen molar-refractivity contribution in [2.24, 2.45) is 0 Å². The molecular weight excluding hydrogens is 404 g/mol. The third-order valence-corrected chi connectivity index (χ3v) is 6.04. The zero-order valence-electron chi connectivity index (χ0n) is 17.0. The minimum atomic E-state index is -0.175. The molecule has 0 saturated carbocycles. The van der Waals surface area contributed by atoms with Crippen molar-refractivity contribution >= 4 is 32.6 Å². The highest BCUT2D eigenvalue weighted by Gasteiger charge is 2.27. The number of ether oxygens (including phenoxy) is 4. The van der Waals surface area contributed by atoms with Crippen LogP contribution in [0.5, 0.6) is 17.2 Å². The Kier molecular flexibility index (Phi) is 6.35. The minimum Gasteiger partial charge on any atom is -0.495 e. The van der Waals surface area contributed by atoms with Gasteiger partial charge >= 0.3 is 0 Å². The van der Waals surface area contributed by atoms with Crippen LogP contribution in [0.15, 0.2) is 42.5 Å². The SMILES string of the molecule is COc1ccc(OC)c2sc(N(CC3CCCO3)C(=O)COc3ccccc3)nc12. The molecule has 1 aliphatic rings. The lowest BCUT2D eigenvalue weighted by molar-refractivity contribution is -0.120. The van der Waals surface area contributed by atoms with Crippen LogP contribution in [0.1, 0.15) is 12.8 Å². The largest absolute Gasteiger partial charge is 0.495 e. The van der Waals surface area contributed by atoms with E-state index >= 15 is 0 Å². The maximum Gasteiger partial charge on any atom is 0.266 e. The molecule has 2 aromatic carbocycles. The van der Waals surface area contributed by atoms with Crippen molar-refractivity contribution in [1.82, 2.24) is 4.98 Å². The van der Waals surface area contributed by atoms with Gasteiger partial charge in [-0.05, 0) is 37.1 Å². The Morgan fingerprint density at radius 1 is 1.17 bits per heavy atom. The second-order valence-corrected chi connectivity index (χ2v) is 7.86. The lowest BCUT2D eigenvalue weighted by Crippen LogP contribution is -2.40. The van der Waals surface area contributed by atoms with Crippen LogP contribution in [0.4, 0.5) is 5.13 Å². The number of fused-ring (bicyclic) bond motifs is 1. The summed E-state index contributed by atoms with van der Waals surface area (Å²) < 4.78 is 23.2. The minimum absolute atomic E-state index is 0.0125. The first-order valence-electron chi connectivity index (χ1n) is 9.81. The van der Waals surface area contributed by atoms with Gasteiger partial charge in [0, 0.05) is 6.61 Å². The Hall–Kier alpha value is -2.84. The summed E-state index contributed by atoms with van der Waals surface area (Å²) in [7, 11) is 3.22. The molecule has 1 fully saturated rings. The Morgan fingerprint density at radius 3 is 2.63 bits per heavy atom. The normalized spacial score (nSPS) is 15.9. The van der Waals surface area contributed by atoms with E-state index in [9.17, 15) is 4.79 Å². The van der Waals surface area contributed by atoms with E-state index in [4.69, 9.17) is 23.9 Å². The van der Waals surface area contributed by atoms with E-state index in [-0.39, 0.29) is 18.6 Å². The number of benzene rings is 2. The third-order valence-electron chi connectivity index (χ3n) is 4.95. The molecule has 0 radical (unpaired) electrons. The predicted octanol–water partition coefficient (Wildman–Crippen LogP) is 3.90. The van der Waals surface area contributed by atoms with Gasteiger partial charge in [0.25, 0.3) is 5.91 Å². The van der Waals surface area contributed by atoms with E-state index in [1.165, 1.54) is 11.3 Å². The number of nitrogens with zero attached hydrogens (tertiary/aromatic N) is 2. The molecule has 7 nitrogen and oxygen atoms in total. The number of carbonyl (C=O) groups excluding carboxylic acids is 1. The molecule has 4 rings (SSSR count). The van der Waals surface area contributed by atoms with Crippen LogP contribution in [0, 0.1) is 0 Å². The van der Waals surface area contributed by atoms with Crippen LogP contribution in [0.2, 0.25) is 0 Å². The molecule has 1 atom stereocenters. The number of methoxy groups -OCH3 is 2. The molecule has 0 aliphatic carbocycles. The van der Waals surface area contributed by atoms with Gasteiger partial charge in [0.05, 0.1) is 26.9 Å². The molecule has 8 heteroatoms. The Morgan fingerprint density at radius 2 is 1.93 bits per heavy atom. The van der Waals surface area contributed by atoms with Crippen molar-refractivity contribution in [1.29, 1.82) is 0 Å². The summed E-state index contributed by atoms with van der Waals surface area (Å²) in [5, 5.41) is 0.574. The van der Waals surface area contributed by atoms with E-state index in [1.807, 2.05) is 42.5 Å². The first kappa shape index (κ1) is 20.4. The van der Waals surface area contributed by atoms with Crippen molar-refractivity contribution in [2.45, 2.75) is 18.9 Å². The molecule has 1 unspecified atom stereocenters. The quantitative estimate of drug-likeness (QED) is 0.542. The van der Waals surface area contributed by atoms with Gasteiger partial charge < -0.3 is 18.9 Å². The number of hydrogen-bond donors (Lipinski definition) is 0. The van der Waals surface area contributed by atoms with Crippen LogP contribution in [0.3, 0.4) is 0 Å². The van der Waals surface area contributed by atoms with Crippen LogP contribution in [-0.2, 0) is 9.53 Å². The molecular formula is C22H24N2O5S. The molecule has 1 aliphatic heterocycles. The van der Waals surface area contributed by atoms with Gasteiger partial charge in [-0.25, -0.2) is 4.98 Å². The summed E-state index contributed by atoms with van der Waals surface area (Å²) in [6.07, 6.45) is 1.90. The first-order chi connectivity index (χ1) is 14.7. The van der Waals surface area contributed by atoms with E-state index in [0.29, 0.717) is 41.0 Å². The van der Waals surface area contributed by atoms with Crippen LogP contribution < -0.4 is 19.1 Å². The van der Waals surface area contributed by atoms with Gasteiger partial charge in [0.2, 0.25) is 0 Å². The average Bonchev–Trinajstić information content (AvgIpc) is 3.45. The zero-order chi connectivity index (χ0) is 20.9. The second kappa shape index (κ2) is 9.32. The summed E-state index contributed by atoms with van der Waals surface area (Å²) in [6, 6.07) is 13.0. The van der Waals surface area contributed by atoms with Crippen molar-refractivity contribution in [3.63, 3.8) is 0 Å². The van der Waals surface area contributed by atoms with Crippen LogP contribution in [0.25, 0.3) is 10.2 Å². The number of amides is 1. The lowest BCUT2D eigenvalue weighted by Gasteiger charge is -2.23. The van der Waals surface area contributed by atoms with Crippen LogP contribution >= 0.6 is 11.3 Å². The van der Waals surface area contributed by atoms with E-state index < -0.39 is 0 Å². The van der Waals surface area contributed by atoms with Crippen LogP contribution in [-0.4, -0.2) is 51.0 Å². The van der Waals surface area contributed by atoms with Crippen molar-refractivity contribution < 1.29 is 23.7 Å². The number of para-hydroxylation sites is 1. The fourth-order valence-corrected chi connectivity index (χ4v) is 4.51. The standard InChI is InChI=1S/C22H24N2O5S/c1-26-17-10-11-18(27-2)21-20(17)23-22(30-21)24(13-16-9-6-12-28-16)19(25)14-29-15-7-4-3-5-8-15/h3-5,7-8,10-11,16H,6,9,12-14H2,1-2H3. The lowest BCUT2D eigenvalue weighted by atomic mass is 10.2. The molecule has 30 heavy (non-hydrogen) atoms. The smallest absolute Gasteiger partial charge is 0.266 e. The summed E-state index contributed by atoms with van der Waals surface area (Å²) in [5.74, 6) is 1.81. The number of rotatable bonds is 8. The van der Waals surface area contributed by atoms with Gasteiger partial charge in [-0.2, -0.15) is 0 Å². The summed E-state index contributed by atoms with van der Waals surface area (Å²) in [4.78, 5) is 19.5. The van der Waals surface area contributed by atoms with Gasteiger partial charge in [-0.3, -0.25) is 9.69 Å². The predicted molar refractivity (Wildman–Crippen MR) is 116 cm³/mol. The maximum atomic E-state index is 13.1. The van der Waals surface area contributed by atoms with E-state index in [0.717, 1.165) is 17.5 Å². The van der Waals surface area contributed by atoms with Gasteiger partial charge in [0.1, 0.15) is 27.5 Å². The summed E-state index contributed by atoms with van der Waals surface area (Å²) in [6.45, 7) is 1.07. The molecule has 1 amide bonds. The molecule has 2 heterocycles. The summed E-state index contributed by atoms with van der Waals surface area (Å²) >= 11 is 1.40. The molecule has 158 valence electrons. The molecule has 1 aromatic heterocycles. The number of thiazole rings is 1. The summed E-state index contributed by atoms with van der Waals surface area (Å²) in [5.41, 5.74) is 0.672. The van der Waals surface area contributed by atoms with Crippen molar-refractivity contribution in [3.05, 3.63) is 42.5 Å². The Bertz CT molecular complexity index is 960. The average molecular weight is 429 g/mol. The maximum absolute atomic E-state index is 13.1. The van der Waals surface area contributed by atoms with E-state index in [2.05, 4.69) is 0 Å². The van der Waals surface area contributed by atoms with Gasteiger partial charge in [0.15, 0.2) is 11.7 Å². The van der Waals surface area contributed by atoms with E-state index in [1.54, 1.807) is 19.1 Å². The zero-order valence-corrected chi connectivity index (χ0v) is 17.8.